The molecule has 4 N–H and O–H groups in total. The lowest BCUT2D eigenvalue weighted by Crippen LogP contribution is -2.23. The average Bonchev–Trinajstić information content (AvgIpc) is 2.99. The van der Waals surface area contributed by atoms with Crippen molar-refractivity contribution in [3.8, 4) is 16.9 Å². The molecule has 140 valence electrons. The lowest BCUT2D eigenvalue weighted by molar-refractivity contribution is -0.121. The third-order valence-electron chi connectivity index (χ3n) is 4.17. The molecule has 3 aromatic rings. The molecule has 0 radical (unpaired) electrons. The Morgan fingerprint density at radius 3 is 2.70 bits per heavy atom. The number of rotatable bonds is 4. The number of nitrogens with two attached hydrogens (primary N) is 1. The third-order valence-corrected chi connectivity index (χ3v) is 4.46. The SMILES string of the molecule is CNC(=O)Cn1cc(-c2cc(Cl)c(O)c(C(N)=O)c2)c2c(=O)n(C)cnc21. The summed E-state index contributed by atoms with van der Waals surface area (Å²) in [6, 6.07) is 2.75. The number of hydrogen-bond acceptors (Lipinski definition) is 5. The number of aryl methyl sites for hydroxylation is 1. The Kier molecular flexibility index (Phi) is 4.63. The Morgan fingerprint density at radius 1 is 1.37 bits per heavy atom. The molecule has 0 spiro atoms. The van der Waals surface area contributed by atoms with Gasteiger partial charge in [0.25, 0.3) is 11.5 Å². The first-order valence-corrected chi connectivity index (χ1v) is 8.20. The van der Waals surface area contributed by atoms with Gasteiger partial charge < -0.3 is 25.3 Å². The number of fused-ring (bicyclic) bond motifs is 1. The van der Waals surface area contributed by atoms with E-state index in [0.29, 0.717) is 16.8 Å². The number of carbonyl (C=O) groups is 2. The van der Waals surface area contributed by atoms with E-state index in [4.69, 9.17) is 17.3 Å². The van der Waals surface area contributed by atoms with E-state index in [2.05, 4.69) is 10.3 Å². The van der Waals surface area contributed by atoms with Crippen LogP contribution in [0.2, 0.25) is 5.02 Å². The summed E-state index contributed by atoms with van der Waals surface area (Å²) in [6.45, 7) is -0.0539. The topological polar surface area (TPSA) is 132 Å². The van der Waals surface area contributed by atoms with E-state index >= 15 is 0 Å². The maximum atomic E-state index is 12.7. The minimum Gasteiger partial charge on any atom is -0.506 e. The van der Waals surface area contributed by atoms with Gasteiger partial charge >= 0.3 is 0 Å². The third kappa shape index (κ3) is 3.13. The van der Waals surface area contributed by atoms with E-state index in [1.807, 2.05) is 0 Å². The second-order valence-electron chi connectivity index (χ2n) is 5.92. The molecule has 0 saturated carbocycles. The van der Waals surface area contributed by atoms with Crippen molar-refractivity contribution in [2.75, 3.05) is 7.05 Å². The highest BCUT2D eigenvalue weighted by Crippen LogP contribution is 2.35. The van der Waals surface area contributed by atoms with Crippen LogP contribution in [-0.2, 0) is 18.4 Å². The van der Waals surface area contributed by atoms with Gasteiger partial charge in [0.1, 0.15) is 17.9 Å². The first kappa shape index (κ1) is 18.5. The number of hydrogen-bond donors (Lipinski definition) is 3. The fourth-order valence-corrected chi connectivity index (χ4v) is 3.00. The first-order chi connectivity index (χ1) is 12.7. The van der Waals surface area contributed by atoms with E-state index in [-0.39, 0.29) is 34.0 Å². The lowest BCUT2D eigenvalue weighted by atomic mass is 10.0. The van der Waals surface area contributed by atoms with Crippen molar-refractivity contribution in [1.82, 2.24) is 19.4 Å². The van der Waals surface area contributed by atoms with Crippen LogP contribution in [0.25, 0.3) is 22.2 Å². The molecule has 2 amide bonds. The van der Waals surface area contributed by atoms with Crippen LogP contribution in [0.15, 0.2) is 29.5 Å². The number of amides is 2. The predicted molar refractivity (Wildman–Crippen MR) is 99.7 cm³/mol. The van der Waals surface area contributed by atoms with E-state index < -0.39 is 11.7 Å². The lowest BCUT2D eigenvalue weighted by Gasteiger charge is -2.07. The molecule has 9 nitrogen and oxygen atoms in total. The molecule has 1 aromatic carbocycles. The normalized spacial score (nSPS) is 10.9. The summed E-state index contributed by atoms with van der Waals surface area (Å²) in [5.74, 6) is -1.58. The average molecular weight is 390 g/mol. The fourth-order valence-electron chi connectivity index (χ4n) is 2.78. The Labute approximate surface area is 158 Å². The number of aromatic hydroxyl groups is 1. The standard InChI is InChI=1S/C17H16ClN5O4/c1-20-12(24)6-23-5-10(13-16(23)21-7-22(2)17(13)27)8-3-9(15(19)26)14(25)11(18)4-8/h3-5,7,25H,6H2,1-2H3,(H2,19,26)(H,20,24). The number of likely N-dealkylation sites (N-methyl/N-ethyl adjacent to an activating group) is 1. The highest BCUT2D eigenvalue weighted by Gasteiger charge is 2.20. The summed E-state index contributed by atoms with van der Waals surface area (Å²) >= 11 is 6.02. The van der Waals surface area contributed by atoms with Crippen LogP contribution >= 0.6 is 11.6 Å². The maximum Gasteiger partial charge on any atom is 0.263 e. The number of nitrogens with one attached hydrogen (secondary N) is 1. The molecule has 2 heterocycles. The van der Waals surface area contributed by atoms with Crippen LogP contribution in [0.3, 0.4) is 0 Å². The van der Waals surface area contributed by atoms with Gasteiger partial charge in [-0.3, -0.25) is 14.4 Å². The number of halogens is 1. The molecular formula is C17H16ClN5O4. The molecule has 0 fully saturated rings. The van der Waals surface area contributed by atoms with Gasteiger partial charge in [-0.15, -0.1) is 0 Å². The van der Waals surface area contributed by atoms with Gasteiger partial charge in [-0.05, 0) is 17.7 Å². The fraction of sp³-hybridized carbons (Fsp3) is 0.176. The van der Waals surface area contributed by atoms with E-state index in [1.54, 1.807) is 13.2 Å². The molecule has 0 aliphatic heterocycles. The number of aromatic nitrogens is 3. The highest BCUT2D eigenvalue weighted by atomic mass is 35.5. The molecule has 2 aromatic heterocycles. The van der Waals surface area contributed by atoms with Crippen LogP contribution in [0.5, 0.6) is 5.75 Å². The second-order valence-corrected chi connectivity index (χ2v) is 6.33. The van der Waals surface area contributed by atoms with Gasteiger partial charge in [-0.25, -0.2) is 4.98 Å². The predicted octanol–water partition coefficient (Wildman–Crippen LogP) is 0.606. The zero-order valence-corrected chi connectivity index (χ0v) is 15.2. The van der Waals surface area contributed by atoms with Crippen molar-refractivity contribution in [2.24, 2.45) is 12.8 Å². The van der Waals surface area contributed by atoms with Crippen molar-refractivity contribution in [1.29, 1.82) is 0 Å². The summed E-state index contributed by atoms with van der Waals surface area (Å²) in [5.41, 5.74) is 5.88. The highest BCUT2D eigenvalue weighted by molar-refractivity contribution is 6.33. The number of benzene rings is 1. The van der Waals surface area contributed by atoms with Crippen LogP contribution in [0, 0.1) is 0 Å². The van der Waals surface area contributed by atoms with Crippen molar-refractivity contribution < 1.29 is 14.7 Å². The molecule has 0 aliphatic rings. The van der Waals surface area contributed by atoms with Gasteiger partial charge in [0.2, 0.25) is 5.91 Å². The van der Waals surface area contributed by atoms with Gasteiger partial charge in [-0.1, -0.05) is 11.6 Å². The van der Waals surface area contributed by atoms with E-state index in [9.17, 15) is 19.5 Å². The molecule has 10 heteroatoms. The monoisotopic (exact) mass is 389 g/mol. The Morgan fingerprint density at radius 2 is 2.07 bits per heavy atom. The smallest absolute Gasteiger partial charge is 0.263 e. The van der Waals surface area contributed by atoms with Crippen LogP contribution in [0.1, 0.15) is 10.4 Å². The van der Waals surface area contributed by atoms with Gasteiger partial charge in [-0.2, -0.15) is 0 Å². The second kappa shape index (κ2) is 6.76. The Balaban J connectivity index is 2.35. The van der Waals surface area contributed by atoms with Crippen molar-refractivity contribution in [3.05, 3.63) is 45.6 Å². The summed E-state index contributed by atoms with van der Waals surface area (Å²) in [6.07, 6.45) is 2.93. The van der Waals surface area contributed by atoms with Crippen molar-refractivity contribution in [2.45, 2.75) is 6.54 Å². The molecule has 27 heavy (non-hydrogen) atoms. The van der Waals surface area contributed by atoms with Crippen molar-refractivity contribution >= 4 is 34.4 Å². The zero-order chi connectivity index (χ0) is 19.9. The molecule has 0 aliphatic carbocycles. The van der Waals surface area contributed by atoms with Crippen LogP contribution < -0.4 is 16.6 Å². The Hall–Kier alpha value is -3.33. The summed E-state index contributed by atoms with van der Waals surface area (Å²) < 4.78 is 2.82. The first-order valence-electron chi connectivity index (χ1n) is 7.82. The van der Waals surface area contributed by atoms with Crippen molar-refractivity contribution in [3.63, 3.8) is 0 Å². The minimum absolute atomic E-state index is 0.0539. The molecule has 0 bridgehead atoms. The largest absolute Gasteiger partial charge is 0.506 e. The quantitative estimate of drug-likeness (QED) is 0.601. The Bertz CT molecular complexity index is 1150. The number of phenols is 1. The summed E-state index contributed by atoms with van der Waals surface area (Å²) in [4.78, 5) is 40.3. The van der Waals surface area contributed by atoms with Crippen LogP contribution in [0.4, 0.5) is 0 Å². The minimum atomic E-state index is -0.864. The molecule has 0 unspecified atom stereocenters. The van der Waals surface area contributed by atoms with Gasteiger partial charge in [0.05, 0.1) is 22.3 Å². The number of primary amides is 1. The van der Waals surface area contributed by atoms with E-state index in [1.165, 1.54) is 34.6 Å². The van der Waals surface area contributed by atoms with E-state index in [0.717, 1.165) is 0 Å². The zero-order valence-electron chi connectivity index (χ0n) is 14.5. The summed E-state index contributed by atoms with van der Waals surface area (Å²) in [5, 5.41) is 12.6. The number of nitrogens with zero attached hydrogens (tertiary/aromatic N) is 3. The maximum absolute atomic E-state index is 12.7. The van der Waals surface area contributed by atoms with Gasteiger partial charge in [0, 0.05) is 25.9 Å². The van der Waals surface area contributed by atoms with Gasteiger partial charge in [0.15, 0.2) is 0 Å². The molecule has 3 rings (SSSR count). The molecule has 0 saturated heterocycles. The summed E-state index contributed by atoms with van der Waals surface area (Å²) in [7, 11) is 3.05. The molecule has 0 atom stereocenters. The number of carbonyl (C=O) groups excluding carboxylic acids is 2. The molecular weight excluding hydrogens is 374 g/mol. The van der Waals surface area contributed by atoms with Crippen LogP contribution in [-0.4, -0.2) is 38.1 Å².